The highest BCUT2D eigenvalue weighted by Gasteiger charge is 2.25. The van der Waals surface area contributed by atoms with Crippen molar-refractivity contribution in [1.82, 2.24) is 5.32 Å². The number of morpholine rings is 1. The summed E-state index contributed by atoms with van der Waals surface area (Å²) in [7, 11) is 0. The van der Waals surface area contributed by atoms with Gasteiger partial charge in [-0.2, -0.15) is 0 Å². The van der Waals surface area contributed by atoms with Crippen LogP contribution >= 0.6 is 0 Å². The number of anilines is 1. The summed E-state index contributed by atoms with van der Waals surface area (Å²) in [6.45, 7) is 2.86. The Morgan fingerprint density at radius 2 is 1.93 bits per heavy atom. The van der Waals surface area contributed by atoms with Gasteiger partial charge in [0.25, 0.3) is 11.6 Å². The molecule has 0 radical (unpaired) electrons. The van der Waals surface area contributed by atoms with E-state index >= 15 is 0 Å². The van der Waals surface area contributed by atoms with Gasteiger partial charge >= 0.3 is 0 Å². The molecule has 0 unspecified atom stereocenters. The second kappa shape index (κ2) is 8.36. The first-order valence-corrected chi connectivity index (χ1v) is 9.39. The van der Waals surface area contributed by atoms with E-state index in [4.69, 9.17) is 14.2 Å². The number of hydrogen-bond donors (Lipinski definition) is 1. The van der Waals surface area contributed by atoms with Gasteiger partial charge in [0.1, 0.15) is 12.7 Å². The summed E-state index contributed by atoms with van der Waals surface area (Å²) in [6.07, 6.45) is -0.348. The molecular weight excluding hydrogens is 378 g/mol. The first-order valence-electron chi connectivity index (χ1n) is 9.39. The molecule has 0 spiro atoms. The summed E-state index contributed by atoms with van der Waals surface area (Å²) in [5.41, 5.74) is 0.791. The van der Waals surface area contributed by atoms with Crippen LogP contribution in [0.2, 0.25) is 0 Å². The van der Waals surface area contributed by atoms with Gasteiger partial charge in [0.2, 0.25) is 0 Å². The summed E-state index contributed by atoms with van der Waals surface area (Å²) in [6, 6.07) is 11.7. The molecule has 29 heavy (non-hydrogen) atoms. The minimum Gasteiger partial charge on any atom is -0.486 e. The lowest BCUT2D eigenvalue weighted by molar-refractivity contribution is -0.384. The van der Waals surface area contributed by atoms with E-state index in [-0.39, 0.29) is 23.9 Å². The van der Waals surface area contributed by atoms with Crippen molar-refractivity contribution in [2.24, 2.45) is 0 Å². The zero-order valence-corrected chi connectivity index (χ0v) is 15.7. The Kier molecular flexibility index (Phi) is 5.48. The van der Waals surface area contributed by atoms with Crippen LogP contribution in [-0.4, -0.2) is 56.4 Å². The van der Waals surface area contributed by atoms with Crippen LogP contribution < -0.4 is 19.7 Å². The zero-order valence-electron chi connectivity index (χ0n) is 15.7. The van der Waals surface area contributed by atoms with Gasteiger partial charge in [-0.15, -0.1) is 0 Å². The van der Waals surface area contributed by atoms with E-state index in [0.29, 0.717) is 50.1 Å². The number of amides is 1. The van der Waals surface area contributed by atoms with Crippen LogP contribution in [0, 0.1) is 10.1 Å². The summed E-state index contributed by atoms with van der Waals surface area (Å²) in [5, 5.41) is 14.0. The van der Waals surface area contributed by atoms with Crippen molar-refractivity contribution < 1.29 is 23.9 Å². The van der Waals surface area contributed by atoms with Crippen molar-refractivity contribution in [3.8, 4) is 11.5 Å². The Balaban J connectivity index is 1.48. The topological polar surface area (TPSA) is 103 Å². The lowest BCUT2D eigenvalue weighted by Gasteiger charge is -2.30. The zero-order chi connectivity index (χ0) is 20.2. The first kappa shape index (κ1) is 19.0. The van der Waals surface area contributed by atoms with Gasteiger partial charge in [0, 0.05) is 25.2 Å². The molecule has 9 heteroatoms. The Hall–Kier alpha value is -3.33. The van der Waals surface area contributed by atoms with Crippen molar-refractivity contribution in [2.75, 3.05) is 44.4 Å². The number of nitrogens with zero attached hydrogens (tertiary/aromatic N) is 2. The van der Waals surface area contributed by atoms with Crippen LogP contribution in [0.3, 0.4) is 0 Å². The minimum absolute atomic E-state index is 0.127. The van der Waals surface area contributed by atoms with E-state index < -0.39 is 10.8 Å². The third kappa shape index (κ3) is 4.24. The number of non-ortho nitro benzene ring substituents is 1. The Morgan fingerprint density at radius 1 is 1.17 bits per heavy atom. The van der Waals surface area contributed by atoms with E-state index in [0.717, 1.165) is 0 Å². The van der Waals surface area contributed by atoms with Crippen molar-refractivity contribution in [2.45, 2.75) is 6.10 Å². The number of benzene rings is 2. The fourth-order valence-electron chi connectivity index (χ4n) is 3.36. The standard InChI is InChI=1S/C20H21N3O6/c24-20(21-12-15-13-28-18-3-1-2-4-19(18)29-15)16-11-14(23(25)26)5-6-17(16)22-7-9-27-10-8-22/h1-6,11,15H,7-10,12-13H2,(H,21,24)/t15-/m0/s1. The van der Waals surface area contributed by atoms with E-state index in [1.807, 2.05) is 23.1 Å². The molecule has 1 N–H and O–H groups in total. The normalized spacial score (nSPS) is 18.2. The van der Waals surface area contributed by atoms with Crippen LogP contribution in [0.4, 0.5) is 11.4 Å². The fraction of sp³-hybridized carbons (Fsp3) is 0.350. The predicted octanol–water partition coefficient (Wildman–Crippen LogP) is 2.00. The van der Waals surface area contributed by atoms with Gasteiger partial charge in [0.05, 0.1) is 35.9 Å². The molecule has 0 aliphatic carbocycles. The lowest BCUT2D eigenvalue weighted by Crippen LogP contribution is -2.42. The molecule has 0 saturated carbocycles. The quantitative estimate of drug-likeness (QED) is 0.606. The minimum atomic E-state index is -0.505. The number of fused-ring (bicyclic) bond motifs is 1. The molecule has 0 bridgehead atoms. The van der Waals surface area contributed by atoms with Crippen LogP contribution in [0.25, 0.3) is 0 Å². The Morgan fingerprint density at radius 3 is 2.69 bits per heavy atom. The van der Waals surface area contributed by atoms with Crippen LogP contribution in [0.1, 0.15) is 10.4 Å². The molecule has 4 rings (SSSR count). The molecule has 0 aromatic heterocycles. The lowest BCUT2D eigenvalue weighted by atomic mass is 10.1. The smallest absolute Gasteiger partial charge is 0.270 e. The van der Waals surface area contributed by atoms with Crippen molar-refractivity contribution in [3.63, 3.8) is 0 Å². The molecule has 2 aromatic carbocycles. The molecule has 2 aliphatic heterocycles. The predicted molar refractivity (Wildman–Crippen MR) is 105 cm³/mol. The van der Waals surface area contributed by atoms with Gasteiger partial charge < -0.3 is 24.4 Å². The van der Waals surface area contributed by atoms with E-state index in [9.17, 15) is 14.9 Å². The number of rotatable bonds is 5. The van der Waals surface area contributed by atoms with Gasteiger partial charge in [-0.05, 0) is 18.2 Å². The average molecular weight is 399 g/mol. The number of carbonyl (C=O) groups is 1. The number of nitro benzene ring substituents is 1. The molecule has 152 valence electrons. The van der Waals surface area contributed by atoms with E-state index in [1.54, 1.807) is 12.1 Å². The highest BCUT2D eigenvalue weighted by atomic mass is 16.6. The molecule has 2 aliphatic rings. The van der Waals surface area contributed by atoms with Gasteiger partial charge in [-0.1, -0.05) is 12.1 Å². The molecule has 2 aromatic rings. The molecular formula is C20H21N3O6. The highest BCUT2D eigenvalue weighted by molar-refractivity contribution is 6.00. The number of nitro groups is 1. The van der Waals surface area contributed by atoms with Crippen molar-refractivity contribution in [1.29, 1.82) is 0 Å². The summed E-state index contributed by atoms with van der Waals surface area (Å²) < 4.78 is 16.9. The second-order valence-electron chi connectivity index (χ2n) is 6.77. The average Bonchev–Trinajstić information content (AvgIpc) is 2.77. The summed E-state index contributed by atoms with van der Waals surface area (Å²) >= 11 is 0. The van der Waals surface area contributed by atoms with Crippen LogP contribution in [-0.2, 0) is 4.74 Å². The van der Waals surface area contributed by atoms with Crippen LogP contribution in [0.5, 0.6) is 11.5 Å². The number of ether oxygens (including phenoxy) is 3. The number of hydrogen-bond acceptors (Lipinski definition) is 7. The molecule has 1 atom stereocenters. The summed E-state index contributed by atoms with van der Waals surface area (Å²) in [4.78, 5) is 25.6. The van der Waals surface area contributed by atoms with Crippen molar-refractivity contribution in [3.05, 3.63) is 58.1 Å². The summed E-state index contributed by atoms with van der Waals surface area (Å²) in [5.74, 6) is 0.906. The van der Waals surface area contributed by atoms with Crippen molar-refractivity contribution >= 4 is 17.3 Å². The second-order valence-corrected chi connectivity index (χ2v) is 6.77. The maximum Gasteiger partial charge on any atom is 0.270 e. The third-order valence-corrected chi connectivity index (χ3v) is 4.85. The molecule has 1 fully saturated rings. The Labute approximate surface area is 167 Å². The van der Waals surface area contributed by atoms with Gasteiger partial charge in [0.15, 0.2) is 11.5 Å². The number of carbonyl (C=O) groups excluding carboxylic acids is 1. The first-order chi connectivity index (χ1) is 14.1. The van der Waals surface area contributed by atoms with E-state index in [2.05, 4.69) is 5.32 Å². The van der Waals surface area contributed by atoms with Gasteiger partial charge in [-0.25, -0.2) is 0 Å². The maximum absolute atomic E-state index is 12.9. The number of para-hydroxylation sites is 2. The van der Waals surface area contributed by atoms with Crippen LogP contribution in [0.15, 0.2) is 42.5 Å². The highest BCUT2D eigenvalue weighted by Crippen LogP contribution is 2.31. The molecule has 2 heterocycles. The third-order valence-electron chi connectivity index (χ3n) is 4.85. The largest absolute Gasteiger partial charge is 0.486 e. The molecule has 1 amide bonds. The maximum atomic E-state index is 12.9. The fourth-order valence-corrected chi connectivity index (χ4v) is 3.36. The SMILES string of the molecule is O=C(NC[C@H]1COc2ccccc2O1)c1cc([N+](=O)[O-])ccc1N1CCOCC1. The monoisotopic (exact) mass is 399 g/mol. The Bertz CT molecular complexity index is 913. The number of nitrogens with one attached hydrogen (secondary N) is 1. The van der Waals surface area contributed by atoms with E-state index in [1.165, 1.54) is 12.1 Å². The molecule has 9 nitrogen and oxygen atoms in total. The van der Waals surface area contributed by atoms with Gasteiger partial charge in [-0.3, -0.25) is 14.9 Å². The molecule has 1 saturated heterocycles.